The highest BCUT2D eigenvalue weighted by Gasteiger charge is 2.16. The van der Waals surface area contributed by atoms with Crippen molar-refractivity contribution in [3.05, 3.63) is 62.8 Å². The average Bonchev–Trinajstić information content (AvgIpc) is 2.38. The molecule has 1 aromatic carbocycles. The number of hydrogen-bond acceptors (Lipinski definition) is 2. The smallest absolute Gasteiger partial charge is 0.0603 e. The van der Waals surface area contributed by atoms with Crippen molar-refractivity contribution < 1.29 is 0 Å². The van der Waals surface area contributed by atoms with Gasteiger partial charge < -0.3 is 5.32 Å². The number of halogens is 2. The van der Waals surface area contributed by atoms with E-state index in [4.69, 9.17) is 11.6 Å². The Hall–Kier alpha value is -0.900. The van der Waals surface area contributed by atoms with Crippen molar-refractivity contribution in [3.63, 3.8) is 0 Å². The molecule has 19 heavy (non-hydrogen) atoms. The first kappa shape index (κ1) is 14.5. The summed E-state index contributed by atoms with van der Waals surface area (Å²) in [6.07, 6.45) is 1.92. The van der Waals surface area contributed by atoms with Gasteiger partial charge in [-0.3, -0.25) is 4.98 Å². The fraction of sp³-hybridized carbons (Fsp3) is 0.267. The van der Waals surface area contributed by atoms with Crippen LogP contribution >= 0.6 is 27.5 Å². The van der Waals surface area contributed by atoms with Crippen molar-refractivity contribution in [3.8, 4) is 0 Å². The van der Waals surface area contributed by atoms with E-state index in [-0.39, 0.29) is 6.04 Å². The molecule has 2 nitrogen and oxygen atoms in total. The molecule has 1 unspecified atom stereocenters. The summed E-state index contributed by atoms with van der Waals surface area (Å²) >= 11 is 9.59. The molecule has 0 amide bonds. The van der Waals surface area contributed by atoms with Crippen molar-refractivity contribution in [2.45, 2.75) is 19.9 Å². The summed E-state index contributed by atoms with van der Waals surface area (Å²) in [5, 5.41) is 4.21. The quantitative estimate of drug-likeness (QED) is 0.887. The van der Waals surface area contributed by atoms with Crippen molar-refractivity contribution >= 4 is 27.5 Å². The second-order valence-electron chi connectivity index (χ2n) is 4.39. The first-order chi connectivity index (χ1) is 9.11. The number of aryl methyl sites for hydroxylation is 1. The molecule has 0 fully saturated rings. The van der Waals surface area contributed by atoms with E-state index in [9.17, 15) is 0 Å². The zero-order valence-corrected chi connectivity index (χ0v) is 13.3. The van der Waals surface area contributed by atoms with Gasteiger partial charge in [0.2, 0.25) is 0 Å². The first-order valence-electron chi connectivity index (χ1n) is 6.22. The van der Waals surface area contributed by atoms with Crippen LogP contribution in [0, 0.1) is 6.92 Å². The van der Waals surface area contributed by atoms with Gasteiger partial charge in [0.15, 0.2) is 0 Å². The van der Waals surface area contributed by atoms with Crippen LogP contribution in [0.5, 0.6) is 0 Å². The number of nitrogens with one attached hydrogen (secondary N) is 1. The second kappa shape index (κ2) is 6.51. The lowest BCUT2D eigenvalue weighted by Gasteiger charge is -2.20. The molecule has 0 radical (unpaired) electrons. The fourth-order valence-electron chi connectivity index (χ4n) is 2.00. The molecule has 0 saturated heterocycles. The number of hydrogen-bond donors (Lipinski definition) is 1. The van der Waals surface area contributed by atoms with E-state index in [0.29, 0.717) is 0 Å². The molecule has 0 spiro atoms. The minimum absolute atomic E-state index is 0.116. The van der Waals surface area contributed by atoms with Crippen molar-refractivity contribution in [2.75, 3.05) is 6.54 Å². The van der Waals surface area contributed by atoms with Crippen LogP contribution in [0.15, 0.2) is 41.0 Å². The monoisotopic (exact) mass is 338 g/mol. The number of aromatic nitrogens is 1. The molecular formula is C15H16BrClN2. The number of rotatable bonds is 4. The molecule has 1 heterocycles. The Morgan fingerprint density at radius 1 is 1.32 bits per heavy atom. The summed E-state index contributed by atoms with van der Waals surface area (Å²) in [6, 6.07) is 10.1. The van der Waals surface area contributed by atoms with E-state index >= 15 is 0 Å². The van der Waals surface area contributed by atoms with Gasteiger partial charge in [-0.15, -0.1) is 0 Å². The van der Waals surface area contributed by atoms with Crippen LogP contribution in [-0.4, -0.2) is 11.5 Å². The van der Waals surface area contributed by atoms with Gasteiger partial charge in [0.05, 0.1) is 6.04 Å². The number of nitrogens with zero attached hydrogens (tertiary/aromatic N) is 1. The largest absolute Gasteiger partial charge is 0.306 e. The number of pyridine rings is 1. The molecule has 4 heteroatoms. The van der Waals surface area contributed by atoms with E-state index in [0.717, 1.165) is 32.9 Å². The second-order valence-corrected chi connectivity index (χ2v) is 5.68. The summed E-state index contributed by atoms with van der Waals surface area (Å²) in [5.41, 5.74) is 3.33. The lowest BCUT2D eigenvalue weighted by molar-refractivity contribution is 0.626. The van der Waals surface area contributed by atoms with E-state index in [1.165, 1.54) is 0 Å². The summed E-state index contributed by atoms with van der Waals surface area (Å²) in [4.78, 5) is 4.37. The van der Waals surface area contributed by atoms with Gasteiger partial charge >= 0.3 is 0 Å². The van der Waals surface area contributed by atoms with Crippen molar-refractivity contribution in [1.29, 1.82) is 0 Å². The van der Waals surface area contributed by atoms with Gasteiger partial charge in [-0.25, -0.2) is 0 Å². The van der Waals surface area contributed by atoms with Gasteiger partial charge in [0, 0.05) is 21.4 Å². The molecular weight excluding hydrogens is 324 g/mol. The van der Waals surface area contributed by atoms with Crippen LogP contribution in [-0.2, 0) is 0 Å². The highest BCUT2D eigenvalue weighted by molar-refractivity contribution is 9.10. The Morgan fingerprint density at radius 2 is 2.11 bits per heavy atom. The third-order valence-electron chi connectivity index (χ3n) is 2.95. The zero-order chi connectivity index (χ0) is 13.8. The van der Waals surface area contributed by atoms with Crippen LogP contribution in [0.1, 0.15) is 29.8 Å². The molecule has 2 rings (SSSR count). The van der Waals surface area contributed by atoms with E-state index in [1.54, 1.807) is 0 Å². The maximum atomic E-state index is 6.00. The molecule has 2 aromatic rings. The SMILES string of the molecule is CCNC(c1ccc(C)nc1)c1ccc(Cl)cc1Br. The molecule has 1 N–H and O–H groups in total. The highest BCUT2D eigenvalue weighted by Crippen LogP contribution is 2.30. The summed E-state index contributed by atoms with van der Waals surface area (Å²) in [5.74, 6) is 0. The molecule has 0 bridgehead atoms. The molecule has 0 aliphatic heterocycles. The summed E-state index contributed by atoms with van der Waals surface area (Å²) < 4.78 is 1.01. The Kier molecular flexibility index (Phi) is 4.97. The van der Waals surface area contributed by atoms with E-state index in [1.807, 2.05) is 37.4 Å². The highest BCUT2D eigenvalue weighted by atomic mass is 79.9. The normalized spacial score (nSPS) is 12.4. The van der Waals surface area contributed by atoms with Crippen molar-refractivity contribution in [1.82, 2.24) is 10.3 Å². The van der Waals surface area contributed by atoms with Gasteiger partial charge in [-0.2, -0.15) is 0 Å². The van der Waals surface area contributed by atoms with Crippen LogP contribution in [0.25, 0.3) is 0 Å². The predicted octanol–water partition coefficient (Wildman–Crippen LogP) is 4.50. The van der Waals surface area contributed by atoms with Gasteiger partial charge in [-0.05, 0) is 42.8 Å². The number of benzene rings is 1. The van der Waals surface area contributed by atoms with Crippen LogP contribution in [0.3, 0.4) is 0 Å². The third-order valence-corrected chi connectivity index (χ3v) is 3.87. The maximum absolute atomic E-state index is 6.00. The van der Waals surface area contributed by atoms with E-state index < -0.39 is 0 Å². The Labute approximate surface area is 127 Å². The molecule has 100 valence electrons. The topological polar surface area (TPSA) is 24.9 Å². The Balaban J connectivity index is 2.41. The minimum atomic E-state index is 0.116. The maximum Gasteiger partial charge on any atom is 0.0603 e. The third kappa shape index (κ3) is 3.56. The van der Waals surface area contributed by atoms with Gasteiger partial charge in [-0.1, -0.05) is 46.6 Å². The lowest BCUT2D eigenvalue weighted by Crippen LogP contribution is -2.22. The Bertz CT molecular complexity index is 555. The summed E-state index contributed by atoms with van der Waals surface area (Å²) in [7, 11) is 0. The Morgan fingerprint density at radius 3 is 2.68 bits per heavy atom. The first-order valence-corrected chi connectivity index (χ1v) is 7.39. The molecule has 1 aromatic heterocycles. The van der Waals surface area contributed by atoms with E-state index in [2.05, 4.69) is 39.2 Å². The fourth-order valence-corrected chi connectivity index (χ4v) is 2.91. The van der Waals surface area contributed by atoms with Crippen LogP contribution < -0.4 is 5.32 Å². The predicted molar refractivity (Wildman–Crippen MR) is 83.6 cm³/mol. The van der Waals surface area contributed by atoms with Crippen LogP contribution in [0.2, 0.25) is 5.02 Å². The van der Waals surface area contributed by atoms with Gasteiger partial charge in [0.25, 0.3) is 0 Å². The summed E-state index contributed by atoms with van der Waals surface area (Å²) in [6.45, 7) is 4.97. The standard InChI is InChI=1S/C15H16BrClN2/c1-3-18-15(11-5-4-10(2)19-9-11)13-7-6-12(17)8-14(13)16/h4-9,15,18H,3H2,1-2H3. The molecule has 0 saturated carbocycles. The van der Waals surface area contributed by atoms with Crippen LogP contribution in [0.4, 0.5) is 0 Å². The van der Waals surface area contributed by atoms with Crippen molar-refractivity contribution in [2.24, 2.45) is 0 Å². The molecule has 0 aliphatic rings. The average molecular weight is 340 g/mol. The van der Waals surface area contributed by atoms with Gasteiger partial charge in [0.1, 0.15) is 0 Å². The minimum Gasteiger partial charge on any atom is -0.306 e. The molecule has 1 atom stereocenters. The lowest BCUT2D eigenvalue weighted by atomic mass is 10.00. The molecule has 0 aliphatic carbocycles. The zero-order valence-electron chi connectivity index (χ0n) is 11.0.